The van der Waals surface area contributed by atoms with E-state index in [0.717, 1.165) is 12.0 Å². The molecule has 8 heteroatoms. The number of carbonyl (C=O) groups is 1. The van der Waals surface area contributed by atoms with Gasteiger partial charge in [-0.25, -0.2) is 8.42 Å². The van der Waals surface area contributed by atoms with Crippen LogP contribution in [0.3, 0.4) is 0 Å². The van der Waals surface area contributed by atoms with E-state index in [1.54, 1.807) is 49.3 Å². The highest BCUT2D eigenvalue weighted by molar-refractivity contribution is 7.92. The van der Waals surface area contributed by atoms with Crippen LogP contribution in [0.5, 0.6) is 11.5 Å². The molecule has 0 unspecified atom stereocenters. The van der Waals surface area contributed by atoms with Crippen molar-refractivity contribution in [1.82, 2.24) is 4.90 Å². The van der Waals surface area contributed by atoms with Crippen LogP contribution in [0, 0.1) is 6.92 Å². The number of methoxy groups -OCH3 is 1. The molecule has 0 radical (unpaired) electrons. The minimum atomic E-state index is -3.77. The Balaban J connectivity index is 1.38. The van der Waals surface area contributed by atoms with E-state index in [2.05, 4.69) is 10.8 Å². The van der Waals surface area contributed by atoms with Gasteiger partial charge in [-0.1, -0.05) is 24.3 Å². The van der Waals surface area contributed by atoms with Gasteiger partial charge in [0.2, 0.25) is 0 Å². The third-order valence-corrected chi connectivity index (χ3v) is 7.01. The molecule has 0 saturated heterocycles. The van der Waals surface area contributed by atoms with Crippen molar-refractivity contribution in [1.29, 1.82) is 0 Å². The third-order valence-electron chi connectivity index (χ3n) is 5.63. The molecule has 7 nitrogen and oxygen atoms in total. The summed E-state index contributed by atoms with van der Waals surface area (Å²) < 4.78 is 38.9. The zero-order valence-corrected chi connectivity index (χ0v) is 19.4. The van der Waals surface area contributed by atoms with Crippen LogP contribution in [0.2, 0.25) is 0 Å². The highest BCUT2D eigenvalue weighted by Gasteiger charge is 2.21. The average molecular weight is 467 g/mol. The molecule has 3 aromatic rings. The molecule has 1 N–H and O–H groups in total. The van der Waals surface area contributed by atoms with Gasteiger partial charge < -0.3 is 14.4 Å². The van der Waals surface area contributed by atoms with Crippen LogP contribution in [0.25, 0.3) is 0 Å². The number of ether oxygens (including phenoxy) is 2. The van der Waals surface area contributed by atoms with Gasteiger partial charge in [-0.05, 0) is 72.5 Å². The smallest absolute Gasteiger partial charge is 0.261 e. The van der Waals surface area contributed by atoms with E-state index < -0.39 is 10.0 Å². The van der Waals surface area contributed by atoms with E-state index in [9.17, 15) is 13.2 Å². The van der Waals surface area contributed by atoms with Gasteiger partial charge in [-0.15, -0.1) is 0 Å². The molecule has 0 spiro atoms. The number of amides is 1. The van der Waals surface area contributed by atoms with E-state index in [-0.39, 0.29) is 17.4 Å². The number of rotatable bonds is 7. The summed E-state index contributed by atoms with van der Waals surface area (Å²) in [6.45, 7) is 2.89. The van der Waals surface area contributed by atoms with Crippen LogP contribution < -0.4 is 14.2 Å². The normalized spacial score (nSPS) is 13.2. The Labute approximate surface area is 194 Å². The van der Waals surface area contributed by atoms with Crippen molar-refractivity contribution >= 4 is 21.6 Å². The summed E-state index contributed by atoms with van der Waals surface area (Å²) in [4.78, 5) is 14.6. The van der Waals surface area contributed by atoms with Gasteiger partial charge in [-0.3, -0.25) is 9.52 Å². The topological polar surface area (TPSA) is 84.9 Å². The predicted octanol–water partition coefficient (Wildman–Crippen LogP) is 3.77. The first-order chi connectivity index (χ1) is 15.9. The van der Waals surface area contributed by atoms with E-state index in [1.807, 2.05) is 18.2 Å². The van der Waals surface area contributed by atoms with Crippen LogP contribution in [-0.4, -0.2) is 39.5 Å². The summed E-state index contributed by atoms with van der Waals surface area (Å²) >= 11 is 0. The van der Waals surface area contributed by atoms with Gasteiger partial charge in [0.15, 0.2) is 6.61 Å². The number of carbonyl (C=O) groups excluding carboxylic acids is 1. The van der Waals surface area contributed by atoms with Crippen LogP contribution in [0.15, 0.2) is 71.6 Å². The number of nitrogens with one attached hydrogen (secondary N) is 1. The highest BCUT2D eigenvalue weighted by atomic mass is 32.2. The quantitative estimate of drug-likeness (QED) is 0.573. The predicted molar refractivity (Wildman–Crippen MR) is 126 cm³/mol. The molecule has 3 aromatic carbocycles. The SMILES string of the molecule is COc1ccc(NS(=O)(=O)c2ccc(OCC(=O)N3CCc4ccccc4C3)c(C)c2)cc1. The zero-order valence-electron chi connectivity index (χ0n) is 18.6. The number of nitrogens with zero attached hydrogens (tertiary/aromatic N) is 1. The van der Waals surface area contributed by atoms with Gasteiger partial charge in [-0.2, -0.15) is 0 Å². The van der Waals surface area contributed by atoms with E-state index in [1.165, 1.54) is 17.7 Å². The minimum Gasteiger partial charge on any atom is -0.497 e. The Bertz CT molecular complexity index is 1260. The monoisotopic (exact) mass is 466 g/mol. The fourth-order valence-electron chi connectivity index (χ4n) is 3.76. The maximum atomic E-state index is 12.7. The Hall–Kier alpha value is -3.52. The molecule has 0 fully saturated rings. The minimum absolute atomic E-state index is 0.0956. The standard InChI is InChI=1S/C25H26N2O5S/c1-18-15-23(33(29,30)26-21-7-9-22(31-2)10-8-21)11-12-24(18)32-17-25(28)27-14-13-19-5-3-4-6-20(19)16-27/h3-12,15,26H,13-14,16-17H2,1-2H3. The molecule has 33 heavy (non-hydrogen) atoms. The number of benzene rings is 3. The summed E-state index contributed by atoms with van der Waals surface area (Å²) in [5.74, 6) is 1.02. The van der Waals surface area contributed by atoms with Crippen molar-refractivity contribution in [2.45, 2.75) is 24.8 Å². The summed E-state index contributed by atoms with van der Waals surface area (Å²) in [6, 6.07) is 19.3. The second-order valence-corrected chi connectivity index (χ2v) is 9.57. The van der Waals surface area contributed by atoms with Gasteiger partial charge in [0.25, 0.3) is 15.9 Å². The average Bonchev–Trinajstić information content (AvgIpc) is 2.83. The molecule has 172 valence electrons. The molecule has 4 rings (SSSR count). The molecule has 1 amide bonds. The molecule has 0 aliphatic carbocycles. The Morgan fingerprint density at radius 3 is 2.45 bits per heavy atom. The molecule has 1 aliphatic heterocycles. The molecule has 0 atom stereocenters. The number of sulfonamides is 1. The lowest BCUT2D eigenvalue weighted by atomic mass is 10.00. The first kappa shape index (κ1) is 22.7. The first-order valence-electron chi connectivity index (χ1n) is 10.6. The molecular formula is C25H26N2O5S. The second kappa shape index (κ2) is 9.54. The van der Waals surface area contributed by atoms with Gasteiger partial charge >= 0.3 is 0 Å². The Kier molecular flexibility index (Phi) is 6.55. The van der Waals surface area contributed by atoms with Crippen molar-refractivity contribution in [2.24, 2.45) is 0 Å². The molecule has 1 aliphatic rings. The Morgan fingerprint density at radius 1 is 1.03 bits per heavy atom. The molecule has 0 aromatic heterocycles. The summed E-state index contributed by atoms with van der Waals surface area (Å²) in [5.41, 5.74) is 3.50. The van der Waals surface area contributed by atoms with Crippen molar-refractivity contribution in [3.8, 4) is 11.5 Å². The summed E-state index contributed by atoms with van der Waals surface area (Å²) in [5, 5.41) is 0. The van der Waals surface area contributed by atoms with E-state index in [4.69, 9.17) is 9.47 Å². The third kappa shape index (κ3) is 5.28. The van der Waals surface area contributed by atoms with Crippen LogP contribution in [0.4, 0.5) is 5.69 Å². The zero-order chi connectivity index (χ0) is 23.4. The van der Waals surface area contributed by atoms with Crippen molar-refractivity contribution < 1.29 is 22.7 Å². The first-order valence-corrected chi connectivity index (χ1v) is 12.1. The Morgan fingerprint density at radius 2 is 1.76 bits per heavy atom. The number of hydrogen-bond acceptors (Lipinski definition) is 5. The fraction of sp³-hybridized carbons (Fsp3) is 0.240. The largest absolute Gasteiger partial charge is 0.497 e. The van der Waals surface area contributed by atoms with Crippen molar-refractivity contribution in [3.63, 3.8) is 0 Å². The van der Waals surface area contributed by atoms with Gasteiger partial charge in [0.1, 0.15) is 11.5 Å². The lowest BCUT2D eigenvalue weighted by Crippen LogP contribution is -2.38. The molecular weight excluding hydrogens is 440 g/mol. The van der Waals surface area contributed by atoms with E-state index in [0.29, 0.717) is 35.8 Å². The maximum absolute atomic E-state index is 12.7. The summed E-state index contributed by atoms with van der Waals surface area (Å²) in [7, 11) is -2.22. The summed E-state index contributed by atoms with van der Waals surface area (Å²) in [6.07, 6.45) is 0.828. The lowest BCUT2D eigenvalue weighted by Gasteiger charge is -2.28. The molecule has 0 saturated carbocycles. The maximum Gasteiger partial charge on any atom is 0.261 e. The fourth-order valence-corrected chi connectivity index (χ4v) is 4.91. The van der Waals surface area contributed by atoms with Crippen molar-refractivity contribution in [2.75, 3.05) is 25.0 Å². The van der Waals surface area contributed by atoms with Gasteiger partial charge in [0.05, 0.1) is 12.0 Å². The second-order valence-electron chi connectivity index (χ2n) is 7.88. The molecule has 0 bridgehead atoms. The van der Waals surface area contributed by atoms with Crippen molar-refractivity contribution in [3.05, 3.63) is 83.4 Å². The number of anilines is 1. The van der Waals surface area contributed by atoms with Crippen LogP contribution >= 0.6 is 0 Å². The van der Waals surface area contributed by atoms with E-state index >= 15 is 0 Å². The molecule has 1 heterocycles. The number of hydrogen-bond donors (Lipinski definition) is 1. The van der Waals surface area contributed by atoms with Gasteiger partial charge in [0, 0.05) is 18.8 Å². The number of aryl methyl sites for hydroxylation is 1. The lowest BCUT2D eigenvalue weighted by molar-refractivity contribution is -0.134. The van der Waals surface area contributed by atoms with Crippen LogP contribution in [0.1, 0.15) is 16.7 Å². The number of fused-ring (bicyclic) bond motifs is 1. The van der Waals surface area contributed by atoms with Crippen LogP contribution in [-0.2, 0) is 27.8 Å². The highest BCUT2D eigenvalue weighted by Crippen LogP contribution is 2.25.